The van der Waals surface area contributed by atoms with E-state index in [0.29, 0.717) is 19.3 Å². The Bertz CT molecular complexity index is 1250. The lowest BCUT2D eigenvalue weighted by Gasteiger charge is -2.27. The first-order valence-electron chi connectivity index (χ1n) is 14.3. The number of aliphatic imine (C=N–C) groups is 1. The monoisotopic (exact) mass is 609 g/mol. The second-order valence-corrected chi connectivity index (χ2v) is 10.1. The lowest BCUT2D eigenvalue weighted by atomic mass is 9.96. The average Bonchev–Trinajstić information content (AvgIpc) is 3.00. The number of alkyl carbamates (subject to hydrolysis) is 1. The number of carbonyl (C=O) groups is 4. The number of amides is 5. The number of nitrogens with one attached hydrogen (secondary N) is 4. The van der Waals surface area contributed by atoms with Crippen LogP contribution in [0.4, 0.5) is 9.59 Å². The predicted octanol–water partition coefficient (Wildman–Crippen LogP) is 1.25. The van der Waals surface area contributed by atoms with Crippen LogP contribution >= 0.6 is 0 Å². The van der Waals surface area contributed by atoms with E-state index in [1.807, 2.05) is 74.5 Å². The van der Waals surface area contributed by atoms with Crippen molar-refractivity contribution in [3.05, 3.63) is 71.8 Å². The van der Waals surface area contributed by atoms with Crippen LogP contribution in [-0.2, 0) is 27.4 Å². The molecule has 4 atom stereocenters. The Hall–Kier alpha value is -5.14. The summed E-state index contributed by atoms with van der Waals surface area (Å²) in [5, 5.41) is 12.1. The van der Waals surface area contributed by atoms with Crippen molar-refractivity contribution >= 4 is 36.1 Å². The standard InChI is InChI=1S/C30H43N9O5/c1-3-20(2)25(27(41)36-23(18-35-39-29(33)42)17-21-11-6-4-7-12-21)38-26(40)24(15-10-16-34-28(31)32)37-30(43)44-19-22-13-8-5-9-14-22/h4-9,11-14,18,20,23-25H,3,10,15-17,19H2,1-2H3,(H,36,41)(H,37,43)(H,38,40)(H4,31,32,34)(H3,33,39,42)/b35-18+/t20-,23-,24-,25-/m0/s1. The van der Waals surface area contributed by atoms with Gasteiger partial charge >= 0.3 is 12.1 Å². The number of urea groups is 1. The molecule has 0 fully saturated rings. The van der Waals surface area contributed by atoms with Crippen LogP contribution in [-0.4, -0.2) is 60.8 Å². The van der Waals surface area contributed by atoms with E-state index < -0.39 is 42.1 Å². The van der Waals surface area contributed by atoms with Gasteiger partial charge in [0, 0.05) is 12.8 Å². The van der Waals surface area contributed by atoms with Gasteiger partial charge in [0.25, 0.3) is 0 Å². The third kappa shape index (κ3) is 13.7. The Labute approximate surface area is 257 Å². The molecule has 2 aromatic rings. The fourth-order valence-corrected chi connectivity index (χ4v) is 4.11. The van der Waals surface area contributed by atoms with Crippen LogP contribution in [0.5, 0.6) is 0 Å². The Morgan fingerprint density at radius 1 is 0.886 bits per heavy atom. The van der Waals surface area contributed by atoms with Crippen LogP contribution in [0.15, 0.2) is 70.8 Å². The molecule has 0 spiro atoms. The van der Waals surface area contributed by atoms with E-state index in [4.69, 9.17) is 21.9 Å². The molecule has 2 rings (SSSR count). The highest BCUT2D eigenvalue weighted by molar-refractivity contribution is 5.92. The molecule has 0 bridgehead atoms. The van der Waals surface area contributed by atoms with Crippen molar-refractivity contribution in [2.45, 2.75) is 64.3 Å². The van der Waals surface area contributed by atoms with Crippen LogP contribution in [0.1, 0.15) is 44.2 Å². The zero-order valence-corrected chi connectivity index (χ0v) is 25.1. The van der Waals surface area contributed by atoms with Gasteiger partial charge < -0.3 is 37.9 Å². The quantitative estimate of drug-likeness (QED) is 0.0600. The summed E-state index contributed by atoms with van der Waals surface area (Å²) >= 11 is 0. The third-order valence-corrected chi connectivity index (χ3v) is 6.62. The fourth-order valence-electron chi connectivity index (χ4n) is 4.11. The van der Waals surface area contributed by atoms with Crippen LogP contribution in [0.2, 0.25) is 0 Å². The number of ether oxygens (including phenoxy) is 1. The number of nitrogens with zero attached hydrogens (tertiary/aromatic N) is 2. The van der Waals surface area contributed by atoms with Crippen molar-refractivity contribution in [2.75, 3.05) is 6.54 Å². The number of hydrogen-bond donors (Lipinski definition) is 7. The van der Waals surface area contributed by atoms with Gasteiger partial charge in [-0.3, -0.25) is 14.6 Å². The van der Waals surface area contributed by atoms with Gasteiger partial charge in [-0.2, -0.15) is 5.10 Å². The van der Waals surface area contributed by atoms with Crippen LogP contribution in [0.3, 0.4) is 0 Å². The predicted molar refractivity (Wildman–Crippen MR) is 168 cm³/mol. The molecule has 2 aromatic carbocycles. The summed E-state index contributed by atoms with van der Waals surface area (Å²) < 4.78 is 5.31. The van der Waals surface area contributed by atoms with Gasteiger partial charge in [0.05, 0.1) is 6.04 Å². The second-order valence-electron chi connectivity index (χ2n) is 10.1. The van der Waals surface area contributed by atoms with Crippen molar-refractivity contribution in [1.29, 1.82) is 0 Å². The van der Waals surface area contributed by atoms with Gasteiger partial charge in [-0.15, -0.1) is 0 Å². The van der Waals surface area contributed by atoms with Crippen molar-refractivity contribution in [2.24, 2.45) is 33.2 Å². The summed E-state index contributed by atoms with van der Waals surface area (Å²) in [5.41, 5.74) is 19.7. The number of carbonyl (C=O) groups excluding carboxylic acids is 4. The molecule has 0 saturated carbocycles. The van der Waals surface area contributed by atoms with Gasteiger partial charge in [-0.05, 0) is 36.3 Å². The maximum absolute atomic E-state index is 13.6. The molecule has 0 radical (unpaired) electrons. The number of hydrogen-bond acceptors (Lipinski definition) is 7. The molecule has 44 heavy (non-hydrogen) atoms. The maximum Gasteiger partial charge on any atom is 0.408 e. The topological polar surface area (TPSA) is 228 Å². The molecule has 0 aliphatic carbocycles. The highest BCUT2D eigenvalue weighted by Crippen LogP contribution is 2.11. The Morgan fingerprint density at radius 2 is 1.52 bits per heavy atom. The van der Waals surface area contributed by atoms with Gasteiger partial charge in [0.1, 0.15) is 18.7 Å². The summed E-state index contributed by atoms with van der Waals surface area (Å²) in [7, 11) is 0. The van der Waals surface area contributed by atoms with Gasteiger partial charge in [-0.25, -0.2) is 15.0 Å². The molecule has 0 saturated heterocycles. The smallest absolute Gasteiger partial charge is 0.408 e. The van der Waals surface area contributed by atoms with Gasteiger partial charge in [0.15, 0.2) is 5.96 Å². The number of rotatable bonds is 17. The lowest BCUT2D eigenvalue weighted by molar-refractivity contribution is -0.131. The molecule has 0 aromatic heterocycles. The minimum atomic E-state index is -1.03. The molecular weight excluding hydrogens is 566 g/mol. The maximum atomic E-state index is 13.6. The van der Waals surface area contributed by atoms with Crippen molar-refractivity contribution in [3.8, 4) is 0 Å². The molecule has 10 N–H and O–H groups in total. The van der Waals surface area contributed by atoms with Crippen molar-refractivity contribution in [3.63, 3.8) is 0 Å². The Morgan fingerprint density at radius 3 is 2.11 bits per heavy atom. The van der Waals surface area contributed by atoms with Crippen LogP contribution in [0.25, 0.3) is 0 Å². The van der Waals surface area contributed by atoms with E-state index in [-0.39, 0.29) is 31.4 Å². The van der Waals surface area contributed by atoms with Crippen molar-refractivity contribution in [1.82, 2.24) is 21.4 Å². The van der Waals surface area contributed by atoms with Crippen molar-refractivity contribution < 1.29 is 23.9 Å². The Balaban J connectivity index is 2.17. The summed E-state index contributed by atoms with van der Waals surface area (Å²) in [6.07, 6.45) is 2.06. The summed E-state index contributed by atoms with van der Waals surface area (Å²) in [5.74, 6) is -1.40. The molecule has 238 valence electrons. The molecule has 0 aliphatic rings. The molecule has 14 nitrogen and oxygen atoms in total. The normalized spacial score (nSPS) is 13.5. The SMILES string of the molecule is CC[C@H](C)[C@H](NC(=O)[C@H](CCCN=C(N)N)NC(=O)OCc1ccccc1)C(=O)N[C@H](/C=N/NC(N)=O)Cc1ccccc1. The van der Waals surface area contributed by atoms with E-state index >= 15 is 0 Å². The number of primary amides is 1. The van der Waals surface area contributed by atoms with E-state index in [9.17, 15) is 19.2 Å². The first-order chi connectivity index (χ1) is 21.1. The molecule has 0 aliphatic heterocycles. The largest absolute Gasteiger partial charge is 0.445 e. The Kier molecular flexibility index (Phi) is 15.2. The average molecular weight is 610 g/mol. The zero-order valence-electron chi connectivity index (χ0n) is 25.1. The van der Waals surface area contributed by atoms with Gasteiger partial charge in [-0.1, -0.05) is 80.9 Å². The van der Waals surface area contributed by atoms with Gasteiger partial charge in [0.2, 0.25) is 11.8 Å². The number of benzene rings is 2. The minimum absolute atomic E-state index is 0.0158. The second kappa shape index (κ2) is 19.1. The molecule has 14 heteroatoms. The highest BCUT2D eigenvalue weighted by Gasteiger charge is 2.31. The van der Waals surface area contributed by atoms with E-state index in [1.54, 1.807) is 0 Å². The molecule has 5 amide bonds. The summed E-state index contributed by atoms with van der Waals surface area (Å²) in [4.78, 5) is 54.7. The first-order valence-corrected chi connectivity index (χ1v) is 14.3. The third-order valence-electron chi connectivity index (χ3n) is 6.62. The number of guanidine groups is 1. The first kappa shape index (κ1) is 35.1. The zero-order chi connectivity index (χ0) is 32.3. The van der Waals surface area contributed by atoms with E-state index in [0.717, 1.165) is 11.1 Å². The number of hydrazone groups is 1. The summed E-state index contributed by atoms with van der Waals surface area (Å²) in [6.45, 7) is 3.97. The molecular formula is C30H43N9O5. The molecule has 0 heterocycles. The lowest BCUT2D eigenvalue weighted by Crippen LogP contribution is -2.57. The van der Waals surface area contributed by atoms with E-state index in [1.165, 1.54) is 6.21 Å². The van der Waals surface area contributed by atoms with E-state index in [2.05, 4.69) is 31.5 Å². The van der Waals surface area contributed by atoms with Crippen LogP contribution < -0.4 is 38.6 Å². The molecule has 0 unspecified atom stereocenters. The number of nitrogens with two attached hydrogens (primary N) is 3. The minimum Gasteiger partial charge on any atom is -0.445 e. The van der Waals surface area contributed by atoms with Crippen LogP contribution in [0, 0.1) is 5.92 Å². The fraction of sp³-hybridized carbons (Fsp3) is 0.400. The highest BCUT2D eigenvalue weighted by atomic mass is 16.5. The summed E-state index contributed by atoms with van der Waals surface area (Å²) in [6, 6.07) is 15.0.